The van der Waals surface area contributed by atoms with Gasteiger partial charge in [-0.1, -0.05) is 5.92 Å². The highest BCUT2D eigenvalue weighted by atomic mass is 16.5. The number of terminal acetylenes is 1. The second kappa shape index (κ2) is 8.96. The third kappa shape index (κ3) is 5.47. The zero-order valence-electron chi connectivity index (χ0n) is 13.3. The molecule has 1 aliphatic rings. The van der Waals surface area contributed by atoms with Crippen LogP contribution in [0.5, 0.6) is 0 Å². The fourth-order valence-electron chi connectivity index (χ4n) is 2.77. The summed E-state index contributed by atoms with van der Waals surface area (Å²) in [6.45, 7) is 3.51. The summed E-state index contributed by atoms with van der Waals surface area (Å²) in [7, 11) is 2.03. The summed E-state index contributed by atoms with van der Waals surface area (Å²) in [5, 5.41) is 10.1. The van der Waals surface area contributed by atoms with Crippen LogP contribution >= 0.6 is 0 Å². The van der Waals surface area contributed by atoms with E-state index >= 15 is 0 Å². The number of ether oxygens (including phenoxy) is 2. The zero-order chi connectivity index (χ0) is 15.8. The molecule has 2 unspecified atom stereocenters. The summed E-state index contributed by atoms with van der Waals surface area (Å²) in [4.78, 5) is 2.23. The zero-order valence-corrected chi connectivity index (χ0v) is 13.3. The minimum absolute atomic E-state index is 0.237. The lowest BCUT2D eigenvalue weighted by molar-refractivity contribution is 0.00903. The van der Waals surface area contributed by atoms with Gasteiger partial charge in [0.15, 0.2) is 0 Å². The molecule has 0 bridgehead atoms. The van der Waals surface area contributed by atoms with Crippen molar-refractivity contribution in [3.05, 3.63) is 24.0 Å². The topological polar surface area (TPSA) is 46.9 Å². The molecule has 22 heavy (non-hydrogen) atoms. The summed E-state index contributed by atoms with van der Waals surface area (Å²) >= 11 is 0. The highest BCUT2D eigenvalue weighted by Gasteiger charge is 2.21. The molecule has 122 valence electrons. The van der Waals surface area contributed by atoms with Gasteiger partial charge < -0.3 is 19.1 Å². The Hall–Kier alpha value is -1.32. The molecular formula is C17H26N2O3. The van der Waals surface area contributed by atoms with Crippen LogP contribution in [0.1, 0.15) is 18.5 Å². The number of aliphatic hydroxyl groups excluding tert-OH is 1. The van der Waals surface area contributed by atoms with Gasteiger partial charge in [0.25, 0.3) is 0 Å². The quantitative estimate of drug-likeness (QED) is 0.546. The summed E-state index contributed by atoms with van der Waals surface area (Å²) < 4.78 is 13.1. The van der Waals surface area contributed by atoms with Crippen LogP contribution in [0.4, 0.5) is 0 Å². The van der Waals surface area contributed by atoms with E-state index in [-0.39, 0.29) is 19.3 Å². The number of hydrogen-bond donors (Lipinski definition) is 1. The number of rotatable bonds is 9. The SMILES string of the molecule is C#CCOCC(O)CN(Cc1cccn1C)CC1CCCO1. The average molecular weight is 306 g/mol. The lowest BCUT2D eigenvalue weighted by Gasteiger charge is -2.27. The Morgan fingerprint density at radius 1 is 1.64 bits per heavy atom. The number of aromatic nitrogens is 1. The predicted octanol–water partition coefficient (Wildman–Crippen LogP) is 1.02. The molecular weight excluding hydrogens is 280 g/mol. The fourth-order valence-corrected chi connectivity index (χ4v) is 2.77. The molecule has 1 saturated heterocycles. The molecule has 5 heteroatoms. The molecule has 1 N–H and O–H groups in total. The van der Waals surface area contributed by atoms with Crippen molar-refractivity contribution < 1.29 is 14.6 Å². The second-order valence-corrected chi connectivity index (χ2v) is 5.81. The molecule has 2 heterocycles. The lowest BCUT2D eigenvalue weighted by atomic mass is 10.2. The molecule has 1 aliphatic heterocycles. The number of aryl methyl sites for hydroxylation is 1. The van der Waals surface area contributed by atoms with Crippen LogP contribution in [0, 0.1) is 12.3 Å². The second-order valence-electron chi connectivity index (χ2n) is 5.81. The minimum Gasteiger partial charge on any atom is -0.389 e. The normalized spacial score (nSPS) is 19.5. The highest BCUT2D eigenvalue weighted by molar-refractivity contribution is 5.06. The molecule has 0 spiro atoms. The van der Waals surface area contributed by atoms with E-state index in [1.165, 1.54) is 5.69 Å². The van der Waals surface area contributed by atoms with Gasteiger partial charge in [-0.3, -0.25) is 4.90 Å². The maximum atomic E-state index is 10.1. The number of aliphatic hydroxyl groups is 1. The van der Waals surface area contributed by atoms with Crippen LogP contribution in [-0.2, 0) is 23.1 Å². The van der Waals surface area contributed by atoms with Crippen molar-refractivity contribution in [3.63, 3.8) is 0 Å². The Labute approximate surface area is 132 Å². The lowest BCUT2D eigenvalue weighted by Crippen LogP contribution is -2.39. The smallest absolute Gasteiger partial charge is 0.107 e. The van der Waals surface area contributed by atoms with Crippen molar-refractivity contribution in [3.8, 4) is 12.3 Å². The van der Waals surface area contributed by atoms with Gasteiger partial charge in [0.1, 0.15) is 6.61 Å². The van der Waals surface area contributed by atoms with Gasteiger partial charge in [-0.2, -0.15) is 0 Å². The summed E-state index contributed by atoms with van der Waals surface area (Å²) in [5.74, 6) is 2.41. The highest BCUT2D eigenvalue weighted by Crippen LogP contribution is 2.15. The first-order valence-corrected chi connectivity index (χ1v) is 7.82. The maximum Gasteiger partial charge on any atom is 0.107 e. The van der Waals surface area contributed by atoms with Gasteiger partial charge >= 0.3 is 0 Å². The Kier molecular flexibility index (Phi) is 6.94. The number of nitrogens with zero attached hydrogens (tertiary/aromatic N) is 2. The first-order chi connectivity index (χ1) is 10.7. The van der Waals surface area contributed by atoms with E-state index < -0.39 is 6.10 Å². The summed E-state index contributed by atoms with van der Waals surface area (Å²) in [5.41, 5.74) is 1.22. The molecule has 1 fully saturated rings. The van der Waals surface area contributed by atoms with Crippen LogP contribution in [0.25, 0.3) is 0 Å². The van der Waals surface area contributed by atoms with Gasteiger partial charge in [0.05, 0.1) is 18.8 Å². The Balaban J connectivity index is 1.88. The van der Waals surface area contributed by atoms with Crippen LogP contribution in [0.15, 0.2) is 18.3 Å². The first-order valence-electron chi connectivity index (χ1n) is 7.82. The van der Waals surface area contributed by atoms with E-state index in [1.807, 2.05) is 19.3 Å². The maximum absolute atomic E-state index is 10.1. The third-order valence-electron chi connectivity index (χ3n) is 3.89. The Morgan fingerprint density at radius 3 is 3.14 bits per heavy atom. The third-order valence-corrected chi connectivity index (χ3v) is 3.89. The fraction of sp³-hybridized carbons (Fsp3) is 0.647. The van der Waals surface area contributed by atoms with Crippen LogP contribution in [-0.4, -0.2) is 59.7 Å². The minimum atomic E-state index is -0.546. The van der Waals surface area contributed by atoms with Crippen molar-refractivity contribution in [2.45, 2.75) is 31.6 Å². The average Bonchev–Trinajstić information content (AvgIpc) is 3.12. The van der Waals surface area contributed by atoms with Gasteiger partial charge in [0.2, 0.25) is 0 Å². The standard InChI is InChI=1S/C17H26N2O3/c1-3-9-21-14-16(20)12-19(13-17-7-5-10-22-17)11-15-6-4-8-18(15)2/h1,4,6,8,16-17,20H,5,7,9-14H2,2H3. The molecule has 0 saturated carbocycles. The Morgan fingerprint density at radius 2 is 2.50 bits per heavy atom. The van der Waals surface area contributed by atoms with Crippen LogP contribution in [0.2, 0.25) is 0 Å². The van der Waals surface area contributed by atoms with Gasteiger partial charge in [-0.15, -0.1) is 6.42 Å². The van der Waals surface area contributed by atoms with Gasteiger partial charge in [0, 0.05) is 45.2 Å². The molecule has 0 aliphatic carbocycles. The molecule has 2 atom stereocenters. The van der Waals surface area contributed by atoms with E-state index in [0.29, 0.717) is 6.54 Å². The molecule has 0 radical (unpaired) electrons. The summed E-state index contributed by atoms with van der Waals surface area (Å²) in [6, 6.07) is 4.13. The van der Waals surface area contributed by atoms with E-state index in [0.717, 1.165) is 32.5 Å². The molecule has 0 aromatic carbocycles. The van der Waals surface area contributed by atoms with Gasteiger partial charge in [-0.25, -0.2) is 0 Å². The van der Waals surface area contributed by atoms with Crippen molar-refractivity contribution in [2.75, 3.05) is 32.9 Å². The van der Waals surface area contributed by atoms with Crippen LogP contribution < -0.4 is 0 Å². The van der Waals surface area contributed by atoms with Crippen molar-refractivity contribution in [1.82, 2.24) is 9.47 Å². The Bertz CT molecular complexity index is 474. The number of hydrogen-bond acceptors (Lipinski definition) is 4. The molecule has 2 rings (SSSR count). The van der Waals surface area contributed by atoms with Crippen molar-refractivity contribution >= 4 is 0 Å². The molecule has 5 nitrogen and oxygen atoms in total. The van der Waals surface area contributed by atoms with Crippen molar-refractivity contribution in [2.24, 2.45) is 7.05 Å². The largest absolute Gasteiger partial charge is 0.389 e. The van der Waals surface area contributed by atoms with Gasteiger partial charge in [-0.05, 0) is 25.0 Å². The van der Waals surface area contributed by atoms with E-state index in [1.54, 1.807) is 0 Å². The predicted molar refractivity (Wildman–Crippen MR) is 85.3 cm³/mol. The monoisotopic (exact) mass is 306 g/mol. The summed E-state index contributed by atoms with van der Waals surface area (Å²) in [6.07, 6.45) is 9.11. The first kappa shape index (κ1) is 17.0. The van der Waals surface area contributed by atoms with E-state index in [2.05, 4.69) is 21.5 Å². The van der Waals surface area contributed by atoms with E-state index in [9.17, 15) is 5.11 Å². The molecule has 0 amide bonds. The van der Waals surface area contributed by atoms with Crippen LogP contribution in [0.3, 0.4) is 0 Å². The molecule has 1 aromatic heterocycles. The molecule has 1 aromatic rings. The van der Waals surface area contributed by atoms with Crippen molar-refractivity contribution in [1.29, 1.82) is 0 Å². The van der Waals surface area contributed by atoms with E-state index in [4.69, 9.17) is 15.9 Å².